The van der Waals surface area contributed by atoms with Crippen molar-refractivity contribution in [2.45, 2.75) is 38.1 Å². The third-order valence-electron chi connectivity index (χ3n) is 6.64. The second-order valence-corrected chi connectivity index (χ2v) is 8.92. The molecule has 166 valence electrons. The van der Waals surface area contributed by atoms with Crippen molar-refractivity contribution in [3.05, 3.63) is 65.3 Å². The normalized spacial score (nSPS) is 22.6. The topological polar surface area (TPSA) is 73.1 Å². The number of likely N-dealkylation sites (tertiary alicyclic amines) is 1. The Kier molecular flexibility index (Phi) is 5.55. The number of fused-ring (bicyclic) bond motifs is 1. The van der Waals surface area contributed by atoms with Gasteiger partial charge in [0.1, 0.15) is 5.82 Å². The van der Waals surface area contributed by atoms with Gasteiger partial charge in [-0.05, 0) is 49.9 Å². The molecular formula is C23H23ClFN5O2. The molecule has 1 saturated heterocycles. The Morgan fingerprint density at radius 2 is 2.12 bits per heavy atom. The van der Waals surface area contributed by atoms with Crippen LogP contribution in [0.4, 0.5) is 4.39 Å². The molecule has 3 heterocycles. The summed E-state index contributed by atoms with van der Waals surface area (Å²) in [5.74, 6) is -0.0551. The number of aromatic nitrogens is 4. The van der Waals surface area contributed by atoms with Crippen LogP contribution in [0.1, 0.15) is 42.5 Å². The Morgan fingerprint density at radius 1 is 1.25 bits per heavy atom. The largest absolute Gasteiger partial charge is 0.477 e. The molecule has 1 saturated carbocycles. The molecule has 9 heteroatoms. The van der Waals surface area contributed by atoms with E-state index in [0.29, 0.717) is 35.3 Å². The van der Waals surface area contributed by atoms with E-state index in [4.69, 9.17) is 16.3 Å². The van der Waals surface area contributed by atoms with Gasteiger partial charge in [-0.25, -0.2) is 14.1 Å². The minimum atomic E-state index is -0.395. The molecular weight excluding hydrogens is 433 g/mol. The maximum Gasteiger partial charge on any atom is 0.256 e. The number of pyridine rings is 1. The van der Waals surface area contributed by atoms with Gasteiger partial charge in [-0.1, -0.05) is 23.2 Å². The van der Waals surface area contributed by atoms with Crippen molar-refractivity contribution in [2.75, 3.05) is 13.2 Å². The number of benzene rings is 1. The quantitative estimate of drug-likeness (QED) is 0.573. The second-order valence-electron chi connectivity index (χ2n) is 8.48. The summed E-state index contributed by atoms with van der Waals surface area (Å²) in [6.45, 7) is 1.13. The van der Waals surface area contributed by atoms with Gasteiger partial charge in [-0.15, -0.1) is 5.10 Å². The lowest BCUT2D eigenvalue weighted by atomic mass is 9.75. The first-order valence-electron chi connectivity index (χ1n) is 10.8. The van der Waals surface area contributed by atoms with E-state index < -0.39 is 5.82 Å². The van der Waals surface area contributed by atoms with Crippen molar-refractivity contribution in [3.8, 4) is 11.6 Å². The lowest BCUT2D eigenvalue weighted by molar-refractivity contribution is 0.00464. The number of nitrogens with zero attached hydrogens (tertiary/aromatic N) is 5. The zero-order valence-corrected chi connectivity index (χ0v) is 18.2. The van der Waals surface area contributed by atoms with Crippen LogP contribution < -0.4 is 4.74 Å². The summed E-state index contributed by atoms with van der Waals surface area (Å²) in [6, 6.07) is 8.18. The van der Waals surface area contributed by atoms with Crippen molar-refractivity contribution in [1.29, 1.82) is 0 Å². The third-order valence-corrected chi connectivity index (χ3v) is 6.87. The predicted octanol–water partition coefficient (Wildman–Crippen LogP) is 4.31. The summed E-state index contributed by atoms with van der Waals surface area (Å²) in [4.78, 5) is 19.8. The van der Waals surface area contributed by atoms with Crippen LogP contribution in [0.3, 0.4) is 0 Å². The summed E-state index contributed by atoms with van der Waals surface area (Å²) >= 11 is 6.26. The highest BCUT2D eigenvalue weighted by molar-refractivity contribution is 6.31. The summed E-state index contributed by atoms with van der Waals surface area (Å²) in [5.41, 5.74) is 1.01. The van der Waals surface area contributed by atoms with Crippen LogP contribution in [-0.2, 0) is 0 Å². The van der Waals surface area contributed by atoms with Gasteiger partial charge in [0, 0.05) is 29.1 Å². The molecule has 0 spiro atoms. The number of ether oxygens (including phenoxy) is 1. The number of amides is 1. The molecule has 32 heavy (non-hydrogen) atoms. The predicted molar refractivity (Wildman–Crippen MR) is 116 cm³/mol. The Hall–Kier alpha value is -3.00. The molecule has 3 aromatic rings. The smallest absolute Gasteiger partial charge is 0.256 e. The Labute approximate surface area is 190 Å². The molecule has 2 atom stereocenters. The third kappa shape index (κ3) is 3.83. The average molecular weight is 456 g/mol. The van der Waals surface area contributed by atoms with E-state index in [1.807, 2.05) is 4.90 Å². The van der Waals surface area contributed by atoms with E-state index in [9.17, 15) is 9.18 Å². The second kappa shape index (κ2) is 8.50. The number of hydrogen-bond acceptors (Lipinski definition) is 5. The lowest BCUT2D eigenvalue weighted by Gasteiger charge is -2.46. The lowest BCUT2D eigenvalue weighted by Crippen LogP contribution is -2.54. The van der Waals surface area contributed by atoms with E-state index in [2.05, 4.69) is 15.3 Å². The van der Waals surface area contributed by atoms with Gasteiger partial charge < -0.3 is 9.64 Å². The van der Waals surface area contributed by atoms with Crippen molar-refractivity contribution in [1.82, 2.24) is 24.9 Å². The molecule has 7 nitrogen and oxygen atoms in total. The first-order chi connectivity index (χ1) is 15.6. The van der Waals surface area contributed by atoms with Crippen molar-refractivity contribution < 1.29 is 13.9 Å². The molecule has 0 radical (unpaired) electrons. The van der Waals surface area contributed by atoms with Crippen LogP contribution in [0.5, 0.6) is 5.88 Å². The van der Waals surface area contributed by atoms with Gasteiger partial charge in [-0.3, -0.25) is 4.79 Å². The Morgan fingerprint density at radius 3 is 2.91 bits per heavy atom. The maximum atomic E-state index is 13.8. The molecule has 1 aliphatic heterocycles. The molecule has 1 aromatic carbocycles. The fraction of sp³-hybridized carbons (Fsp3) is 0.391. The fourth-order valence-electron chi connectivity index (χ4n) is 5.18. The van der Waals surface area contributed by atoms with E-state index in [0.717, 1.165) is 38.3 Å². The van der Waals surface area contributed by atoms with E-state index in [-0.39, 0.29) is 17.4 Å². The summed E-state index contributed by atoms with van der Waals surface area (Å²) in [7, 11) is 0. The number of carbonyl (C=O) groups excluding carboxylic acids is 1. The monoisotopic (exact) mass is 455 g/mol. The SMILES string of the molecule is O=C(c1cc(Cl)ccc1-n1ccnn1)N1CCCC2(COc3ccc(F)cn3)CCCC12. The van der Waals surface area contributed by atoms with Crippen LogP contribution in [0.2, 0.25) is 5.02 Å². The van der Waals surface area contributed by atoms with Crippen molar-refractivity contribution in [3.63, 3.8) is 0 Å². The zero-order chi connectivity index (χ0) is 22.1. The molecule has 0 N–H and O–H groups in total. The van der Waals surface area contributed by atoms with Crippen LogP contribution in [0.25, 0.3) is 5.69 Å². The Bertz CT molecular complexity index is 1110. The highest BCUT2D eigenvalue weighted by Gasteiger charge is 2.50. The van der Waals surface area contributed by atoms with Gasteiger partial charge in [0.05, 0.1) is 36.4 Å². The number of carbonyl (C=O) groups is 1. The zero-order valence-electron chi connectivity index (χ0n) is 17.5. The van der Waals surface area contributed by atoms with E-state index >= 15 is 0 Å². The van der Waals surface area contributed by atoms with E-state index in [1.165, 1.54) is 12.1 Å². The van der Waals surface area contributed by atoms with Gasteiger partial charge in [0.25, 0.3) is 5.91 Å². The highest BCUT2D eigenvalue weighted by Crippen LogP contribution is 2.48. The highest BCUT2D eigenvalue weighted by atomic mass is 35.5. The van der Waals surface area contributed by atoms with Crippen LogP contribution in [0.15, 0.2) is 48.9 Å². The standard InChI is InChI=1S/C23H23ClFN5O2/c24-16-4-6-19(30-12-10-27-28-30)18(13-16)22(31)29-11-2-9-23(8-1-3-20(23)29)15-32-21-7-5-17(25)14-26-21/h4-7,10,12-14,20H,1-3,8-9,11,15H2. The van der Waals surface area contributed by atoms with Crippen molar-refractivity contribution >= 4 is 17.5 Å². The first-order valence-corrected chi connectivity index (χ1v) is 11.2. The molecule has 2 unspecified atom stereocenters. The number of piperidine rings is 1. The van der Waals surface area contributed by atoms with Crippen LogP contribution in [0, 0.1) is 11.2 Å². The number of hydrogen-bond donors (Lipinski definition) is 0. The van der Waals surface area contributed by atoms with E-state index in [1.54, 1.807) is 35.3 Å². The van der Waals surface area contributed by atoms with Gasteiger partial charge >= 0.3 is 0 Å². The minimum absolute atomic E-state index is 0.0612. The molecule has 2 fully saturated rings. The van der Waals surface area contributed by atoms with Gasteiger partial charge in [0.15, 0.2) is 0 Å². The summed E-state index contributed by atoms with van der Waals surface area (Å²) in [6.07, 6.45) is 9.24. The maximum absolute atomic E-state index is 13.8. The number of rotatable bonds is 5. The van der Waals surface area contributed by atoms with Crippen LogP contribution >= 0.6 is 11.6 Å². The van der Waals surface area contributed by atoms with Gasteiger partial charge in [-0.2, -0.15) is 0 Å². The molecule has 2 aliphatic rings. The molecule has 5 rings (SSSR count). The van der Waals surface area contributed by atoms with Gasteiger partial charge in [0.2, 0.25) is 5.88 Å². The minimum Gasteiger partial charge on any atom is -0.477 e. The fourth-order valence-corrected chi connectivity index (χ4v) is 5.35. The Balaban J connectivity index is 1.42. The number of halogens is 2. The van der Waals surface area contributed by atoms with Crippen LogP contribution in [-0.4, -0.2) is 50.0 Å². The van der Waals surface area contributed by atoms with Crippen molar-refractivity contribution in [2.24, 2.45) is 5.41 Å². The summed E-state index contributed by atoms with van der Waals surface area (Å²) < 4.78 is 20.7. The molecule has 1 amide bonds. The average Bonchev–Trinajstić information content (AvgIpc) is 3.48. The first kappa shape index (κ1) is 20.9. The molecule has 0 bridgehead atoms. The molecule has 2 aromatic heterocycles. The molecule has 1 aliphatic carbocycles. The summed E-state index contributed by atoms with van der Waals surface area (Å²) in [5, 5.41) is 8.42.